The fraction of sp³-hybridized carbons (Fsp3) is 0.0435. The molecule has 0 aliphatic rings. The van der Waals surface area contributed by atoms with E-state index in [2.05, 4.69) is 9.98 Å². The molecule has 4 aromatic rings. The number of pyridine rings is 1. The lowest BCUT2D eigenvalue weighted by molar-refractivity contribution is 0.101. The lowest BCUT2D eigenvalue weighted by atomic mass is 10.1. The smallest absolute Gasteiger partial charge is 0.196 e. The number of carbonyl (C=O) groups excluding carboxylic acids is 1. The summed E-state index contributed by atoms with van der Waals surface area (Å²) in [5, 5.41) is 10.4. The van der Waals surface area contributed by atoms with Gasteiger partial charge in [0.15, 0.2) is 16.4 Å². The van der Waals surface area contributed by atoms with Gasteiger partial charge in [-0.05, 0) is 48.9 Å². The van der Waals surface area contributed by atoms with E-state index < -0.39 is 0 Å². The standard InChI is InChI=1S/C23H18N4OS/c1-16(28)17-7-9-20(10-8-17)27-21(18-5-3-2-4-6-18)15-29-23(27)26-22(24)19-11-13-25-14-12-19/h2-15,24H,1H3. The van der Waals surface area contributed by atoms with Crippen molar-refractivity contribution in [1.82, 2.24) is 9.55 Å². The highest BCUT2D eigenvalue weighted by Crippen LogP contribution is 2.23. The number of benzene rings is 2. The van der Waals surface area contributed by atoms with E-state index in [1.807, 2.05) is 64.5 Å². The third-order valence-corrected chi connectivity index (χ3v) is 5.30. The van der Waals surface area contributed by atoms with Crippen molar-refractivity contribution in [3.05, 3.63) is 100 Å². The normalized spacial score (nSPS) is 11.4. The third-order valence-electron chi connectivity index (χ3n) is 4.47. The maximum atomic E-state index is 11.6. The Kier molecular flexibility index (Phi) is 5.27. The number of nitrogens with zero attached hydrogens (tertiary/aromatic N) is 3. The second-order valence-corrected chi connectivity index (χ2v) is 7.24. The van der Waals surface area contributed by atoms with Crippen LogP contribution in [-0.4, -0.2) is 21.2 Å². The summed E-state index contributed by atoms with van der Waals surface area (Å²) in [6.45, 7) is 1.55. The Balaban J connectivity index is 1.88. The van der Waals surface area contributed by atoms with E-state index in [0.717, 1.165) is 16.9 Å². The van der Waals surface area contributed by atoms with Gasteiger partial charge in [0.2, 0.25) is 0 Å². The van der Waals surface area contributed by atoms with Crippen molar-refractivity contribution < 1.29 is 4.79 Å². The van der Waals surface area contributed by atoms with E-state index in [0.29, 0.717) is 15.9 Å². The zero-order valence-electron chi connectivity index (χ0n) is 15.7. The van der Waals surface area contributed by atoms with Crippen LogP contribution in [0, 0.1) is 5.41 Å². The molecular formula is C23H18N4OS. The van der Waals surface area contributed by atoms with Crippen LogP contribution >= 0.6 is 11.3 Å². The highest BCUT2D eigenvalue weighted by Gasteiger charge is 2.11. The second-order valence-electron chi connectivity index (χ2n) is 6.40. The topological polar surface area (TPSA) is 71.1 Å². The zero-order valence-corrected chi connectivity index (χ0v) is 16.6. The van der Waals surface area contributed by atoms with Gasteiger partial charge in [-0.2, -0.15) is 0 Å². The molecule has 2 aromatic heterocycles. The largest absolute Gasteiger partial charge is 0.295 e. The van der Waals surface area contributed by atoms with Gasteiger partial charge < -0.3 is 0 Å². The molecule has 0 amide bonds. The summed E-state index contributed by atoms with van der Waals surface area (Å²) < 4.78 is 2.01. The Labute approximate surface area is 172 Å². The molecule has 6 heteroatoms. The average Bonchev–Trinajstić information content (AvgIpc) is 3.18. The summed E-state index contributed by atoms with van der Waals surface area (Å²) >= 11 is 1.47. The fourth-order valence-corrected chi connectivity index (χ4v) is 3.88. The highest BCUT2D eigenvalue weighted by molar-refractivity contribution is 7.07. The first kappa shape index (κ1) is 18.7. The molecule has 0 spiro atoms. The lowest BCUT2D eigenvalue weighted by Crippen LogP contribution is -2.16. The van der Waals surface area contributed by atoms with Crippen LogP contribution in [0.3, 0.4) is 0 Å². The number of Topliss-reactive ketones (excluding diaryl/α,β-unsaturated/α-hetero) is 1. The van der Waals surface area contributed by atoms with Crippen molar-refractivity contribution in [2.45, 2.75) is 6.92 Å². The maximum absolute atomic E-state index is 11.6. The Bertz CT molecular complexity index is 1220. The van der Waals surface area contributed by atoms with Crippen LogP contribution in [0.15, 0.2) is 89.5 Å². The van der Waals surface area contributed by atoms with Crippen molar-refractivity contribution >= 4 is 23.0 Å². The molecule has 1 N–H and O–H groups in total. The molecule has 0 saturated heterocycles. The van der Waals surface area contributed by atoms with Crippen LogP contribution in [0.4, 0.5) is 0 Å². The zero-order chi connectivity index (χ0) is 20.2. The van der Waals surface area contributed by atoms with E-state index in [1.165, 1.54) is 11.3 Å². The first-order chi connectivity index (χ1) is 14.1. The molecule has 0 aliphatic carbocycles. The second kappa shape index (κ2) is 8.16. The van der Waals surface area contributed by atoms with Gasteiger partial charge in [0, 0.05) is 34.6 Å². The number of hydrogen-bond donors (Lipinski definition) is 1. The lowest BCUT2D eigenvalue weighted by Gasteiger charge is -2.10. The van der Waals surface area contributed by atoms with E-state index >= 15 is 0 Å². The van der Waals surface area contributed by atoms with Crippen molar-refractivity contribution in [1.29, 1.82) is 5.41 Å². The van der Waals surface area contributed by atoms with Gasteiger partial charge in [-0.15, -0.1) is 11.3 Å². The van der Waals surface area contributed by atoms with Crippen LogP contribution in [0.2, 0.25) is 0 Å². The first-order valence-electron chi connectivity index (χ1n) is 9.04. The highest BCUT2D eigenvalue weighted by atomic mass is 32.1. The fourth-order valence-electron chi connectivity index (χ4n) is 2.96. The van der Waals surface area contributed by atoms with Crippen LogP contribution in [-0.2, 0) is 0 Å². The van der Waals surface area contributed by atoms with Gasteiger partial charge in [0.1, 0.15) is 0 Å². The minimum absolute atomic E-state index is 0.0273. The Morgan fingerprint density at radius 3 is 2.31 bits per heavy atom. The molecule has 0 fully saturated rings. The number of ketones is 1. The summed E-state index contributed by atoms with van der Waals surface area (Å²) in [6.07, 6.45) is 3.30. The van der Waals surface area contributed by atoms with Gasteiger partial charge >= 0.3 is 0 Å². The van der Waals surface area contributed by atoms with Crippen molar-refractivity contribution in [2.24, 2.45) is 4.99 Å². The summed E-state index contributed by atoms with van der Waals surface area (Å²) in [5.41, 5.74) is 4.28. The molecule has 5 nitrogen and oxygen atoms in total. The first-order valence-corrected chi connectivity index (χ1v) is 9.92. The number of amidine groups is 1. The molecule has 0 radical (unpaired) electrons. The van der Waals surface area contributed by atoms with Crippen LogP contribution in [0.5, 0.6) is 0 Å². The Morgan fingerprint density at radius 2 is 1.66 bits per heavy atom. The molecule has 29 heavy (non-hydrogen) atoms. The van der Waals surface area contributed by atoms with E-state index in [-0.39, 0.29) is 11.6 Å². The van der Waals surface area contributed by atoms with Gasteiger partial charge in [0.25, 0.3) is 0 Å². The minimum atomic E-state index is 0.0273. The molecule has 0 atom stereocenters. The molecule has 4 rings (SSSR count). The molecule has 0 aliphatic heterocycles. The number of carbonyl (C=O) groups is 1. The number of nitrogens with one attached hydrogen (secondary N) is 1. The summed E-state index contributed by atoms with van der Waals surface area (Å²) in [6, 6.07) is 21.0. The minimum Gasteiger partial charge on any atom is -0.295 e. The van der Waals surface area contributed by atoms with Gasteiger partial charge in [0.05, 0.1) is 5.69 Å². The van der Waals surface area contributed by atoms with Crippen LogP contribution in [0.1, 0.15) is 22.8 Å². The van der Waals surface area contributed by atoms with E-state index in [4.69, 9.17) is 5.41 Å². The number of thiazole rings is 1. The van der Waals surface area contributed by atoms with Crippen molar-refractivity contribution in [2.75, 3.05) is 0 Å². The predicted octanol–water partition coefficient (Wildman–Crippen LogP) is 4.73. The van der Waals surface area contributed by atoms with E-state index in [1.54, 1.807) is 31.5 Å². The molecule has 2 heterocycles. The van der Waals surface area contributed by atoms with Crippen LogP contribution < -0.4 is 4.80 Å². The summed E-state index contributed by atoms with van der Waals surface area (Å²) in [5.74, 6) is 0.197. The third kappa shape index (κ3) is 3.97. The van der Waals surface area contributed by atoms with E-state index in [9.17, 15) is 4.79 Å². The molecular weight excluding hydrogens is 380 g/mol. The van der Waals surface area contributed by atoms with Gasteiger partial charge in [-0.3, -0.25) is 19.8 Å². The monoisotopic (exact) mass is 398 g/mol. The Hall–Kier alpha value is -3.64. The van der Waals surface area contributed by atoms with Crippen molar-refractivity contribution in [3.8, 4) is 16.9 Å². The predicted molar refractivity (Wildman–Crippen MR) is 116 cm³/mol. The molecule has 2 aromatic carbocycles. The average molecular weight is 398 g/mol. The molecule has 142 valence electrons. The van der Waals surface area contributed by atoms with Gasteiger partial charge in [-0.1, -0.05) is 30.3 Å². The summed E-state index contributed by atoms with van der Waals surface area (Å²) in [4.78, 5) is 20.9. The Morgan fingerprint density at radius 1 is 0.966 bits per heavy atom. The van der Waals surface area contributed by atoms with Gasteiger partial charge in [-0.25, -0.2) is 4.99 Å². The SMILES string of the molecule is CC(=O)c1ccc(-n2c(-c3ccccc3)csc2=NC(=N)c2ccncc2)cc1. The number of rotatable bonds is 4. The van der Waals surface area contributed by atoms with Crippen LogP contribution in [0.25, 0.3) is 16.9 Å². The maximum Gasteiger partial charge on any atom is 0.196 e. The number of aromatic nitrogens is 2. The number of hydrogen-bond acceptors (Lipinski definition) is 4. The molecule has 0 bridgehead atoms. The molecule has 0 saturated carbocycles. The van der Waals surface area contributed by atoms with Crippen molar-refractivity contribution in [3.63, 3.8) is 0 Å². The quantitative estimate of drug-likeness (QED) is 0.307. The molecule has 0 unspecified atom stereocenters. The summed E-state index contributed by atoms with van der Waals surface area (Å²) in [7, 11) is 0.